The van der Waals surface area contributed by atoms with E-state index in [2.05, 4.69) is 19.2 Å². The summed E-state index contributed by atoms with van der Waals surface area (Å²) in [6.07, 6.45) is 10.4. The van der Waals surface area contributed by atoms with Crippen LogP contribution in [0.5, 0.6) is 0 Å². The molecule has 0 bridgehead atoms. The Morgan fingerprint density at radius 3 is 2.84 bits per heavy atom. The molecule has 2 aliphatic rings. The molecule has 0 aromatic carbocycles. The average molecular weight is 278 g/mol. The van der Waals surface area contributed by atoms with Crippen molar-refractivity contribution in [3.8, 4) is 0 Å². The van der Waals surface area contributed by atoms with Crippen molar-refractivity contribution in [2.24, 2.45) is 5.92 Å². The maximum absolute atomic E-state index is 5.05. The predicted molar refractivity (Wildman–Crippen MR) is 81.7 cm³/mol. The lowest BCUT2D eigenvalue weighted by molar-refractivity contribution is 0.331. The molecule has 0 spiro atoms. The van der Waals surface area contributed by atoms with E-state index in [4.69, 9.17) is 4.98 Å². The van der Waals surface area contributed by atoms with Gasteiger partial charge in [0.15, 0.2) is 0 Å². The van der Waals surface area contributed by atoms with Gasteiger partial charge in [-0.2, -0.15) is 0 Å². The van der Waals surface area contributed by atoms with Gasteiger partial charge in [0.25, 0.3) is 0 Å². The van der Waals surface area contributed by atoms with E-state index in [1.165, 1.54) is 62.1 Å². The topological polar surface area (TPSA) is 24.9 Å². The Hall–Kier alpha value is -0.410. The fourth-order valence-corrected chi connectivity index (χ4v) is 5.18. The molecule has 106 valence electrons. The van der Waals surface area contributed by atoms with Crippen LogP contribution < -0.4 is 5.32 Å². The molecule has 0 amide bonds. The van der Waals surface area contributed by atoms with Crippen molar-refractivity contribution in [2.75, 3.05) is 6.54 Å². The molecule has 2 aliphatic carbocycles. The number of rotatable bonds is 4. The molecule has 0 saturated heterocycles. The Morgan fingerprint density at radius 1 is 1.32 bits per heavy atom. The second-order valence-corrected chi connectivity index (χ2v) is 7.31. The molecule has 2 atom stereocenters. The number of hydrogen-bond acceptors (Lipinski definition) is 3. The molecule has 0 aliphatic heterocycles. The van der Waals surface area contributed by atoms with Gasteiger partial charge in [0.1, 0.15) is 5.01 Å². The van der Waals surface area contributed by atoms with Crippen LogP contribution >= 0.6 is 11.3 Å². The van der Waals surface area contributed by atoms with Crippen molar-refractivity contribution in [2.45, 2.75) is 70.8 Å². The highest BCUT2D eigenvalue weighted by atomic mass is 32.1. The number of nitrogens with one attached hydrogen (secondary N) is 1. The minimum atomic E-state index is 0.206. The first kappa shape index (κ1) is 13.6. The molecule has 1 N–H and O–H groups in total. The second-order valence-electron chi connectivity index (χ2n) is 6.23. The first-order valence-corrected chi connectivity index (χ1v) is 8.83. The Balaban J connectivity index is 1.89. The molecule has 2 unspecified atom stereocenters. The highest BCUT2D eigenvalue weighted by Gasteiger charge is 2.42. The zero-order chi connectivity index (χ0) is 13.3. The predicted octanol–water partition coefficient (Wildman–Crippen LogP) is 4.04. The smallest absolute Gasteiger partial charge is 0.113 e. The summed E-state index contributed by atoms with van der Waals surface area (Å²) in [7, 11) is 0. The van der Waals surface area contributed by atoms with E-state index >= 15 is 0 Å². The molecule has 2 nitrogen and oxygen atoms in total. The lowest BCUT2D eigenvalue weighted by Gasteiger charge is -2.28. The molecule has 1 fully saturated rings. The zero-order valence-corrected chi connectivity index (χ0v) is 13.1. The van der Waals surface area contributed by atoms with Gasteiger partial charge in [-0.3, -0.25) is 0 Å². The molecule has 0 radical (unpaired) electrons. The molecule has 3 rings (SSSR count). The summed E-state index contributed by atoms with van der Waals surface area (Å²) in [4.78, 5) is 6.63. The number of nitrogens with zero attached hydrogens (tertiary/aromatic N) is 1. The lowest BCUT2D eigenvalue weighted by Crippen LogP contribution is -2.40. The van der Waals surface area contributed by atoms with Crippen LogP contribution in [0.1, 0.15) is 68.0 Å². The standard InChI is InChI=1S/C16H26N2S/c1-3-12-9-10-16(11-12,17-4-2)15-18-13-7-5-6-8-14(13)19-15/h12,17H,3-11H2,1-2H3. The Labute approximate surface area is 121 Å². The molecule has 1 aromatic rings. The molecule has 3 heteroatoms. The number of hydrogen-bond donors (Lipinski definition) is 1. The van der Waals surface area contributed by atoms with Crippen LogP contribution in [0, 0.1) is 5.92 Å². The van der Waals surface area contributed by atoms with E-state index < -0.39 is 0 Å². The third-order valence-corrected chi connectivity index (χ3v) is 6.33. The van der Waals surface area contributed by atoms with Gasteiger partial charge in [0.2, 0.25) is 0 Å². The normalized spacial score (nSPS) is 30.5. The minimum Gasteiger partial charge on any atom is -0.306 e. The van der Waals surface area contributed by atoms with E-state index in [0.717, 1.165) is 12.5 Å². The number of thiazole rings is 1. The first-order valence-electron chi connectivity index (χ1n) is 8.01. The van der Waals surface area contributed by atoms with Gasteiger partial charge < -0.3 is 5.32 Å². The summed E-state index contributed by atoms with van der Waals surface area (Å²) in [5.74, 6) is 0.889. The van der Waals surface area contributed by atoms with Crippen molar-refractivity contribution >= 4 is 11.3 Å². The lowest BCUT2D eigenvalue weighted by atomic mass is 9.95. The van der Waals surface area contributed by atoms with E-state index in [1.54, 1.807) is 4.88 Å². The van der Waals surface area contributed by atoms with Crippen LogP contribution in [0.3, 0.4) is 0 Å². The summed E-state index contributed by atoms with van der Waals surface area (Å²) >= 11 is 2.01. The molecular weight excluding hydrogens is 252 g/mol. The van der Waals surface area contributed by atoms with E-state index in [1.807, 2.05) is 11.3 Å². The van der Waals surface area contributed by atoms with Crippen molar-refractivity contribution in [1.82, 2.24) is 10.3 Å². The highest BCUT2D eigenvalue weighted by molar-refractivity contribution is 7.11. The number of fused-ring (bicyclic) bond motifs is 1. The summed E-state index contributed by atoms with van der Waals surface area (Å²) in [6, 6.07) is 0. The molecule has 1 saturated carbocycles. The Bertz CT molecular complexity index is 416. The molecular formula is C16H26N2S. The molecule has 19 heavy (non-hydrogen) atoms. The molecule has 1 heterocycles. The van der Waals surface area contributed by atoms with Crippen molar-refractivity contribution < 1.29 is 0 Å². The highest BCUT2D eigenvalue weighted by Crippen LogP contribution is 2.45. The summed E-state index contributed by atoms with van der Waals surface area (Å²) < 4.78 is 0. The van der Waals surface area contributed by atoms with Crippen LogP contribution in [0.4, 0.5) is 0 Å². The van der Waals surface area contributed by atoms with Crippen LogP contribution in [-0.2, 0) is 18.4 Å². The van der Waals surface area contributed by atoms with Gasteiger partial charge in [-0.15, -0.1) is 11.3 Å². The van der Waals surface area contributed by atoms with Gasteiger partial charge in [-0.1, -0.05) is 20.3 Å². The fraction of sp³-hybridized carbons (Fsp3) is 0.812. The van der Waals surface area contributed by atoms with Crippen LogP contribution in [0.2, 0.25) is 0 Å². The van der Waals surface area contributed by atoms with Gasteiger partial charge in [-0.25, -0.2) is 4.98 Å². The third-order valence-electron chi connectivity index (χ3n) is 4.96. The number of aryl methyl sites for hydroxylation is 2. The van der Waals surface area contributed by atoms with E-state index in [-0.39, 0.29) is 5.54 Å². The minimum absolute atomic E-state index is 0.206. The molecule has 1 aromatic heterocycles. The Morgan fingerprint density at radius 2 is 2.16 bits per heavy atom. The van der Waals surface area contributed by atoms with Crippen molar-refractivity contribution in [3.05, 3.63) is 15.6 Å². The fourth-order valence-electron chi connectivity index (χ4n) is 3.82. The third kappa shape index (κ3) is 2.47. The van der Waals surface area contributed by atoms with Crippen LogP contribution in [0.25, 0.3) is 0 Å². The Kier molecular flexibility index (Phi) is 3.95. The van der Waals surface area contributed by atoms with E-state index in [0.29, 0.717) is 0 Å². The number of aromatic nitrogens is 1. The van der Waals surface area contributed by atoms with Gasteiger partial charge in [0, 0.05) is 4.88 Å². The van der Waals surface area contributed by atoms with Gasteiger partial charge in [-0.05, 0) is 57.4 Å². The van der Waals surface area contributed by atoms with E-state index in [9.17, 15) is 0 Å². The monoisotopic (exact) mass is 278 g/mol. The van der Waals surface area contributed by atoms with Crippen molar-refractivity contribution in [1.29, 1.82) is 0 Å². The SMILES string of the molecule is CCNC1(c2nc3c(s2)CCCC3)CCC(CC)C1. The van der Waals surface area contributed by atoms with Gasteiger partial charge >= 0.3 is 0 Å². The average Bonchev–Trinajstić information content (AvgIpc) is 3.03. The second kappa shape index (κ2) is 5.53. The van der Waals surface area contributed by atoms with Gasteiger partial charge in [0.05, 0.1) is 11.2 Å². The maximum atomic E-state index is 5.05. The maximum Gasteiger partial charge on any atom is 0.113 e. The summed E-state index contributed by atoms with van der Waals surface area (Å²) in [5.41, 5.74) is 1.63. The van der Waals surface area contributed by atoms with Crippen LogP contribution in [-0.4, -0.2) is 11.5 Å². The largest absolute Gasteiger partial charge is 0.306 e. The zero-order valence-electron chi connectivity index (χ0n) is 12.3. The quantitative estimate of drug-likeness (QED) is 0.899. The summed E-state index contributed by atoms with van der Waals surface area (Å²) in [6.45, 7) is 5.62. The van der Waals surface area contributed by atoms with Crippen molar-refractivity contribution in [3.63, 3.8) is 0 Å². The first-order chi connectivity index (χ1) is 9.27. The summed E-state index contributed by atoms with van der Waals surface area (Å²) in [5, 5.41) is 5.20. The van der Waals surface area contributed by atoms with Crippen LogP contribution in [0.15, 0.2) is 0 Å².